The lowest BCUT2D eigenvalue weighted by atomic mass is 9.92. The van der Waals surface area contributed by atoms with Crippen LogP contribution >= 0.6 is 0 Å². The Balaban J connectivity index is 1.92. The number of aliphatic hydroxyl groups is 1. The fraction of sp³-hybridized carbons (Fsp3) is 0.318. The zero-order valence-electron chi connectivity index (χ0n) is 15.3. The molecule has 0 bridgehead atoms. The number of hydrogen-bond acceptors (Lipinski definition) is 4. The molecular weight excluding hydrogens is 340 g/mol. The van der Waals surface area contributed by atoms with Gasteiger partial charge in [-0.2, -0.15) is 0 Å². The van der Waals surface area contributed by atoms with Crippen LogP contribution in [0.3, 0.4) is 0 Å². The van der Waals surface area contributed by atoms with E-state index in [1.165, 1.54) is 0 Å². The first-order valence-electron chi connectivity index (χ1n) is 9.35. The quantitative estimate of drug-likeness (QED) is 0.513. The van der Waals surface area contributed by atoms with Crippen molar-refractivity contribution in [1.29, 1.82) is 0 Å². The third-order valence-corrected chi connectivity index (χ3v) is 5.63. The Labute approximate surface area is 158 Å². The zero-order chi connectivity index (χ0) is 19.0. The highest BCUT2D eigenvalue weighted by molar-refractivity contribution is 6.46. The van der Waals surface area contributed by atoms with Crippen molar-refractivity contribution in [3.63, 3.8) is 0 Å². The molecule has 2 fully saturated rings. The fourth-order valence-corrected chi connectivity index (χ4v) is 4.27. The number of ketones is 1. The number of amides is 1. The molecule has 5 nitrogen and oxygen atoms in total. The molecule has 0 spiro atoms. The number of nitrogens with zero attached hydrogens (tertiary/aromatic N) is 2. The van der Waals surface area contributed by atoms with E-state index >= 15 is 0 Å². The molecule has 1 aromatic carbocycles. The van der Waals surface area contributed by atoms with Gasteiger partial charge in [-0.3, -0.25) is 14.6 Å². The Bertz CT molecular complexity index is 914. The van der Waals surface area contributed by atoms with E-state index in [1.807, 2.05) is 31.2 Å². The molecule has 1 N–H and O–H groups in total. The van der Waals surface area contributed by atoms with E-state index in [2.05, 4.69) is 4.98 Å². The number of pyridine rings is 1. The minimum atomic E-state index is -0.607. The topological polar surface area (TPSA) is 70.5 Å². The number of Topliss-reactive ketones (excluding diaryl/α,β-unsaturated/α-hetero) is 1. The van der Waals surface area contributed by atoms with E-state index in [-0.39, 0.29) is 17.4 Å². The van der Waals surface area contributed by atoms with E-state index in [1.54, 1.807) is 29.4 Å². The Morgan fingerprint density at radius 1 is 1.07 bits per heavy atom. The molecule has 1 aliphatic heterocycles. The predicted molar refractivity (Wildman–Crippen MR) is 102 cm³/mol. The first-order valence-corrected chi connectivity index (χ1v) is 9.35. The van der Waals surface area contributed by atoms with Crippen molar-refractivity contribution in [3.05, 3.63) is 71.1 Å². The number of aryl methyl sites for hydroxylation is 1. The molecule has 27 heavy (non-hydrogen) atoms. The molecule has 2 heterocycles. The normalized spacial score (nSPS) is 22.6. The van der Waals surface area contributed by atoms with Gasteiger partial charge in [-0.1, -0.05) is 37.1 Å². The number of carbonyl (C=O) groups is 2. The van der Waals surface area contributed by atoms with Gasteiger partial charge in [-0.05, 0) is 43.0 Å². The second kappa shape index (κ2) is 6.99. The summed E-state index contributed by atoms with van der Waals surface area (Å²) in [6, 6.07) is 10.5. The van der Waals surface area contributed by atoms with Crippen LogP contribution < -0.4 is 0 Å². The Morgan fingerprint density at radius 3 is 2.41 bits per heavy atom. The van der Waals surface area contributed by atoms with Crippen molar-refractivity contribution in [2.75, 3.05) is 0 Å². The van der Waals surface area contributed by atoms with Gasteiger partial charge in [0, 0.05) is 24.0 Å². The Kier molecular flexibility index (Phi) is 4.52. The van der Waals surface area contributed by atoms with Gasteiger partial charge in [0.05, 0.1) is 11.6 Å². The SMILES string of the molecule is Cc1ccccc1C1/C(=C(/O)c2ccncc2)C(=O)C(=O)N1C1CCCC1. The van der Waals surface area contributed by atoms with Crippen LogP contribution in [0.2, 0.25) is 0 Å². The van der Waals surface area contributed by atoms with E-state index < -0.39 is 17.7 Å². The average molecular weight is 362 g/mol. The number of aliphatic hydroxyl groups excluding tert-OH is 1. The lowest BCUT2D eigenvalue weighted by Gasteiger charge is -2.31. The minimum absolute atomic E-state index is 0.0359. The summed E-state index contributed by atoms with van der Waals surface area (Å²) < 4.78 is 0. The number of rotatable bonds is 3. The van der Waals surface area contributed by atoms with Crippen LogP contribution in [0, 0.1) is 6.92 Å². The highest BCUT2D eigenvalue weighted by Gasteiger charge is 2.49. The molecule has 5 heteroatoms. The van der Waals surface area contributed by atoms with E-state index in [4.69, 9.17) is 0 Å². The van der Waals surface area contributed by atoms with Crippen LogP contribution in [0.1, 0.15) is 48.4 Å². The van der Waals surface area contributed by atoms with E-state index in [0.29, 0.717) is 5.56 Å². The number of aromatic nitrogens is 1. The maximum atomic E-state index is 13.0. The highest BCUT2D eigenvalue weighted by atomic mass is 16.3. The highest BCUT2D eigenvalue weighted by Crippen LogP contribution is 2.44. The van der Waals surface area contributed by atoms with Crippen LogP contribution in [0.25, 0.3) is 5.76 Å². The van der Waals surface area contributed by atoms with Gasteiger partial charge in [-0.25, -0.2) is 0 Å². The summed E-state index contributed by atoms with van der Waals surface area (Å²) in [7, 11) is 0. The molecule has 1 amide bonds. The van der Waals surface area contributed by atoms with Crippen LogP contribution in [-0.4, -0.2) is 32.7 Å². The summed E-state index contributed by atoms with van der Waals surface area (Å²) in [6.45, 7) is 1.97. The van der Waals surface area contributed by atoms with Crippen molar-refractivity contribution in [1.82, 2.24) is 9.88 Å². The van der Waals surface area contributed by atoms with Crippen LogP contribution in [0.5, 0.6) is 0 Å². The van der Waals surface area contributed by atoms with Gasteiger partial charge >= 0.3 is 0 Å². The number of benzene rings is 1. The summed E-state index contributed by atoms with van der Waals surface area (Å²) in [5.74, 6) is -1.25. The number of hydrogen-bond donors (Lipinski definition) is 1. The first-order chi connectivity index (χ1) is 13.1. The molecule has 1 aromatic heterocycles. The van der Waals surface area contributed by atoms with Crippen LogP contribution in [0.4, 0.5) is 0 Å². The van der Waals surface area contributed by atoms with Gasteiger partial charge in [0.25, 0.3) is 11.7 Å². The van der Waals surface area contributed by atoms with E-state index in [9.17, 15) is 14.7 Å². The largest absolute Gasteiger partial charge is 0.507 e. The maximum absolute atomic E-state index is 13.0. The number of likely N-dealkylation sites (tertiary alicyclic amines) is 1. The molecule has 138 valence electrons. The van der Waals surface area contributed by atoms with Crippen molar-refractivity contribution in [2.45, 2.75) is 44.7 Å². The van der Waals surface area contributed by atoms with Crippen molar-refractivity contribution < 1.29 is 14.7 Å². The lowest BCUT2D eigenvalue weighted by molar-refractivity contribution is -0.141. The second-order valence-electron chi connectivity index (χ2n) is 7.24. The summed E-state index contributed by atoms with van der Waals surface area (Å²) in [5, 5.41) is 10.9. The molecule has 2 aromatic rings. The molecule has 1 unspecified atom stereocenters. The molecule has 1 saturated carbocycles. The van der Waals surface area contributed by atoms with Crippen LogP contribution in [-0.2, 0) is 9.59 Å². The Hall–Kier alpha value is -2.95. The summed E-state index contributed by atoms with van der Waals surface area (Å²) >= 11 is 0. The second-order valence-corrected chi connectivity index (χ2v) is 7.24. The third-order valence-electron chi connectivity index (χ3n) is 5.63. The van der Waals surface area contributed by atoms with Crippen molar-refractivity contribution >= 4 is 17.4 Å². The lowest BCUT2D eigenvalue weighted by Crippen LogP contribution is -2.37. The molecule has 1 saturated heterocycles. The summed E-state index contributed by atoms with van der Waals surface area (Å²) in [6.07, 6.45) is 7.02. The first kappa shape index (κ1) is 17.5. The van der Waals surface area contributed by atoms with Crippen LogP contribution in [0.15, 0.2) is 54.4 Å². The smallest absolute Gasteiger partial charge is 0.295 e. The zero-order valence-corrected chi connectivity index (χ0v) is 15.3. The fourth-order valence-electron chi connectivity index (χ4n) is 4.27. The molecule has 1 aliphatic carbocycles. The minimum Gasteiger partial charge on any atom is -0.507 e. The molecule has 2 aliphatic rings. The number of carbonyl (C=O) groups excluding carboxylic acids is 2. The predicted octanol–water partition coefficient (Wildman–Crippen LogP) is 3.75. The summed E-state index contributed by atoms with van der Waals surface area (Å²) in [4.78, 5) is 31.6. The van der Waals surface area contributed by atoms with Crippen molar-refractivity contribution in [3.8, 4) is 0 Å². The van der Waals surface area contributed by atoms with E-state index in [0.717, 1.165) is 36.8 Å². The molecular formula is C22H22N2O3. The van der Waals surface area contributed by atoms with Crippen molar-refractivity contribution in [2.24, 2.45) is 0 Å². The monoisotopic (exact) mass is 362 g/mol. The van der Waals surface area contributed by atoms with Gasteiger partial charge < -0.3 is 10.0 Å². The van der Waals surface area contributed by atoms with Gasteiger partial charge in [0.2, 0.25) is 0 Å². The maximum Gasteiger partial charge on any atom is 0.295 e. The standard InChI is InChI=1S/C22H22N2O3/c1-14-6-2-5-9-17(14)19-18(20(25)15-10-12-23-13-11-15)21(26)22(27)24(19)16-7-3-4-8-16/h2,5-6,9-13,16,19,25H,3-4,7-8H2,1H3/b20-18-. The molecule has 1 atom stereocenters. The van der Waals surface area contributed by atoms with Gasteiger partial charge in [0.15, 0.2) is 0 Å². The summed E-state index contributed by atoms with van der Waals surface area (Å²) in [5.41, 5.74) is 2.55. The van der Waals surface area contributed by atoms with Gasteiger partial charge in [0.1, 0.15) is 5.76 Å². The van der Waals surface area contributed by atoms with Gasteiger partial charge in [-0.15, -0.1) is 0 Å². The Morgan fingerprint density at radius 2 is 1.74 bits per heavy atom. The third kappa shape index (κ3) is 2.93. The average Bonchev–Trinajstić information content (AvgIpc) is 3.30. The molecule has 4 rings (SSSR count). The molecule has 0 radical (unpaired) electrons.